The number of hydrogen-bond acceptors (Lipinski definition) is 4. The van der Waals surface area contributed by atoms with Gasteiger partial charge in [0, 0.05) is 25.0 Å². The van der Waals surface area contributed by atoms with Gasteiger partial charge in [-0.3, -0.25) is 9.13 Å². The number of nitrogens with one attached hydrogen (secondary N) is 1. The van der Waals surface area contributed by atoms with Gasteiger partial charge in [0.05, 0.1) is 11.0 Å². The van der Waals surface area contributed by atoms with Crippen LogP contribution in [0, 0.1) is 0 Å². The molecule has 2 heterocycles. The average molecular weight is 365 g/mol. The summed E-state index contributed by atoms with van der Waals surface area (Å²) >= 11 is 1.27. The molecule has 0 amide bonds. The minimum atomic E-state index is -3.53. The summed E-state index contributed by atoms with van der Waals surface area (Å²) in [6.07, 6.45) is 0.811. The Labute approximate surface area is 144 Å². The van der Waals surface area contributed by atoms with Crippen molar-refractivity contribution in [3.05, 3.63) is 51.8 Å². The number of benzene rings is 1. The Morgan fingerprint density at radius 2 is 1.83 bits per heavy atom. The van der Waals surface area contributed by atoms with E-state index in [1.807, 2.05) is 37.3 Å². The molecule has 3 rings (SSSR count). The van der Waals surface area contributed by atoms with Gasteiger partial charge in [0.25, 0.3) is 0 Å². The smallest absolute Gasteiger partial charge is 0.295 e. The maximum absolute atomic E-state index is 12.3. The van der Waals surface area contributed by atoms with Gasteiger partial charge in [0.15, 0.2) is 0 Å². The fourth-order valence-corrected chi connectivity index (χ4v) is 5.00. The number of fused-ring (bicyclic) bond motifs is 1. The highest BCUT2D eigenvalue weighted by atomic mass is 32.2. The van der Waals surface area contributed by atoms with E-state index in [4.69, 9.17) is 0 Å². The van der Waals surface area contributed by atoms with E-state index >= 15 is 0 Å². The molecule has 2 aromatic heterocycles. The van der Waals surface area contributed by atoms with Gasteiger partial charge in [-0.25, -0.2) is 17.9 Å². The second kappa shape index (κ2) is 6.54. The van der Waals surface area contributed by atoms with E-state index in [0.29, 0.717) is 4.21 Å². The fourth-order valence-electron chi connectivity index (χ4n) is 2.63. The molecule has 6 nitrogen and oxygen atoms in total. The number of rotatable bonds is 6. The molecule has 0 radical (unpaired) electrons. The highest BCUT2D eigenvalue weighted by Crippen LogP contribution is 2.21. The van der Waals surface area contributed by atoms with Gasteiger partial charge in [0.1, 0.15) is 4.21 Å². The third-order valence-electron chi connectivity index (χ3n) is 3.93. The quantitative estimate of drug-likeness (QED) is 0.726. The summed E-state index contributed by atoms with van der Waals surface area (Å²) in [5.41, 5.74) is 1.48. The molecular weight excluding hydrogens is 346 g/mol. The zero-order valence-electron chi connectivity index (χ0n) is 13.5. The van der Waals surface area contributed by atoms with Crippen molar-refractivity contribution >= 4 is 32.4 Å². The number of nitrogens with zero attached hydrogens (tertiary/aromatic N) is 2. The second-order valence-electron chi connectivity index (χ2n) is 5.45. The van der Waals surface area contributed by atoms with E-state index in [0.717, 1.165) is 22.3 Å². The predicted molar refractivity (Wildman–Crippen MR) is 96.1 cm³/mol. The highest BCUT2D eigenvalue weighted by Gasteiger charge is 2.17. The molecule has 1 aromatic carbocycles. The summed E-state index contributed by atoms with van der Waals surface area (Å²) in [7, 11) is -1.82. The summed E-state index contributed by atoms with van der Waals surface area (Å²) < 4.78 is 30.7. The SMILES string of the molecule is CCc1ccc(S(=O)(=O)NCCn2c(=O)n(C)c3ccccc32)s1. The second-order valence-corrected chi connectivity index (χ2v) is 8.62. The van der Waals surface area contributed by atoms with Crippen molar-refractivity contribution in [3.8, 4) is 0 Å². The van der Waals surface area contributed by atoms with Gasteiger partial charge in [-0.15, -0.1) is 11.3 Å². The number of para-hydroxylation sites is 2. The fraction of sp³-hybridized carbons (Fsp3) is 0.312. The predicted octanol–water partition coefficient (Wildman–Crippen LogP) is 1.94. The Bertz CT molecular complexity index is 1030. The van der Waals surface area contributed by atoms with Crippen LogP contribution < -0.4 is 10.4 Å². The molecule has 0 aliphatic carbocycles. The van der Waals surface area contributed by atoms with Crippen molar-refractivity contribution in [2.24, 2.45) is 7.05 Å². The van der Waals surface area contributed by atoms with Crippen LogP contribution in [0.25, 0.3) is 11.0 Å². The van der Waals surface area contributed by atoms with Gasteiger partial charge in [0.2, 0.25) is 10.0 Å². The first-order valence-electron chi connectivity index (χ1n) is 7.66. The lowest BCUT2D eigenvalue weighted by Crippen LogP contribution is -2.31. The molecule has 1 N–H and O–H groups in total. The summed E-state index contributed by atoms with van der Waals surface area (Å²) in [5, 5.41) is 0. The summed E-state index contributed by atoms with van der Waals surface area (Å²) in [6.45, 7) is 2.43. The Morgan fingerprint density at radius 1 is 1.12 bits per heavy atom. The van der Waals surface area contributed by atoms with Gasteiger partial charge >= 0.3 is 5.69 Å². The molecule has 0 atom stereocenters. The standard InChI is InChI=1S/C16H19N3O3S2/c1-3-12-8-9-15(23-12)24(21,22)17-10-11-19-14-7-5-4-6-13(14)18(2)16(19)20/h4-9,17H,3,10-11H2,1-2H3. The van der Waals surface area contributed by atoms with Crippen LogP contribution >= 0.6 is 11.3 Å². The Morgan fingerprint density at radius 3 is 2.50 bits per heavy atom. The molecule has 0 aliphatic rings. The Balaban J connectivity index is 1.77. The normalized spacial score (nSPS) is 12.1. The number of sulfonamides is 1. The lowest BCUT2D eigenvalue weighted by molar-refractivity contribution is 0.573. The first-order chi connectivity index (χ1) is 11.4. The zero-order chi connectivity index (χ0) is 17.3. The van der Waals surface area contributed by atoms with Crippen molar-refractivity contribution < 1.29 is 8.42 Å². The van der Waals surface area contributed by atoms with E-state index in [1.54, 1.807) is 22.2 Å². The number of thiophene rings is 1. The maximum Gasteiger partial charge on any atom is 0.328 e. The highest BCUT2D eigenvalue weighted by molar-refractivity contribution is 7.91. The van der Waals surface area contributed by atoms with E-state index in [-0.39, 0.29) is 18.8 Å². The van der Waals surface area contributed by atoms with Crippen LogP contribution in [0.2, 0.25) is 0 Å². The summed E-state index contributed by atoms with van der Waals surface area (Å²) in [5.74, 6) is 0. The zero-order valence-corrected chi connectivity index (χ0v) is 15.2. The number of aromatic nitrogens is 2. The van der Waals surface area contributed by atoms with Crippen LogP contribution in [0.1, 0.15) is 11.8 Å². The van der Waals surface area contributed by atoms with Crippen LogP contribution in [0.4, 0.5) is 0 Å². The van der Waals surface area contributed by atoms with Crippen molar-refractivity contribution in [2.75, 3.05) is 6.54 Å². The molecule has 0 bridgehead atoms. The third kappa shape index (κ3) is 3.04. The largest absolute Gasteiger partial charge is 0.328 e. The average Bonchev–Trinajstić information content (AvgIpc) is 3.15. The molecule has 24 heavy (non-hydrogen) atoms. The maximum atomic E-state index is 12.3. The van der Waals surface area contributed by atoms with E-state index in [2.05, 4.69) is 4.72 Å². The molecule has 3 aromatic rings. The number of hydrogen-bond donors (Lipinski definition) is 1. The van der Waals surface area contributed by atoms with E-state index in [1.165, 1.54) is 11.3 Å². The van der Waals surface area contributed by atoms with Crippen LogP contribution in [0.15, 0.2) is 45.4 Å². The molecular formula is C16H19N3O3S2. The van der Waals surface area contributed by atoms with Crippen LogP contribution in [0.3, 0.4) is 0 Å². The Kier molecular flexibility index (Phi) is 4.62. The van der Waals surface area contributed by atoms with Crippen LogP contribution in [0.5, 0.6) is 0 Å². The number of aryl methyl sites for hydroxylation is 2. The first kappa shape index (κ1) is 16.9. The molecule has 0 saturated carbocycles. The van der Waals surface area contributed by atoms with Crippen molar-refractivity contribution in [3.63, 3.8) is 0 Å². The van der Waals surface area contributed by atoms with E-state index < -0.39 is 10.0 Å². The van der Waals surface area contributed by atoms with Crippen molar-refractivity contribution in [2.45, 2.75) is 24.1 Å². The molecule has 0 aliphatic heterocycles. The van der Waals surface area contributed by atoms with Crippen LogP contribution in [-0.4, -0.2) is 24.1 Å². The Hall–Kier alpha value is -1.90. The monoisotopic (exact) mass is 365 g/mol. The van der Waals surface area contributed by atoms with E-state index in [9.17, 15) is 13.2 Å². The van der Waals surface area contributed by atoms with Crippen molar-refractivity contribution in [1.82, 2.24) is 13.9 Å². The van der Waals surface area contributed by atoms with Crippen molar-refractivity contribution in [1.29, 1.82) is 0 Å². The van der Waals surface area contributed by atoms with Gasteiger partial charge in [-0.2, -0.15) is 0 Å². The van der Waals surface area contributed by atoms with Gasteiger partial charge in [-0.05, 0) is 30.7 Å². The molecule has 0 unspecified atom stereocenters. The molecule has 8 heteroatoms. The lowest BCUT2D eigenvalue weighted by atomic mass is 10.3. The van der Waals surface area contributed by atoms with Gasteiger partial charge in [-0.1, -0.05) is 19.1 Å². The summed E-state index contributed by atoms with van der Waals surface area (Å²) in [4.78, 5) is 13.3. The first-order valence-corrected chi connectivity index (χ1v) is 9.96. The molecule has 0 spiro atoms. The third-order valence-corrected chi connectivity index (χ3v) is 7.11. The molecule has 128 valence electrons. The minimum absolute atomic E-state index is 0.153. The van der Waals surface area contributed by atoms with Crippen LogP contribution in [-0.2, 0) is 30.0 Å². The van der Waals surface area contributed by atoms with Gasteiger partial charge < -0.3 is 0 Å². The lowest BCUT2D eigenvalue weighted by Gasteiger charge is -2.06. The number of imidazole rings is 1. The molecule has 0 saturated heterocycles. The molecule has 0 fully saturated rings. The summed E-state index contributed by atoms with van der Waals surface area (Å²) in [6, 6.07) is 10.9. The minimum Gasteiger partial charge on any atom is -0.295 e. The topological polar surface area (TPSA) is 73.1 Å².